The Labute approximate surface area is 112 Å². The van der Waals surface area contributed by atoms with Crippen molar-refractivity contribution < 1.29 is 0 Å². The summed E-state index contributed by atoms with van der Waals surface area (Å²) in [5, 5.41) is 3.18. The van der Waals surface area contributed by atoms with Gasteiger partial charge in [-0.3, -0.25) is 0 Å². The van der Waals surface area contributed by atoms with E-state index in [0.29, 0.717) is 11.9 Å². The van der Waals surface area contributed by atoms with Crippen molar-refractivity contribution in [3.63, 3.8) is 0 Å². The SMILES string of the molecule is Cc1cccc(Nc2nc(N)nc(N(C)C)n2)c1C. The highest BCUT2D eigenvalue weighted by atomic mass is 15.3. The van der Waals surface area contributed by atoms with Gasteiger partial charge in [-0.15, -0.1) is 0 Å². The topological polar surface area (TPSA) is 80.0 Å². The zero-order valence-corrected chi connectivity index (χ0v) is 11.6. The van der Waals surface area contributed by atoms with Gasteiger partial charge in [-0.05, 0) is 31.0 Å². The maximum absolute atomic E-state index is 5.69. The summed E-state index contributed by atoms with van der Waals surface area (Å²) in [4.78, 5) is 14.3. The number of nitrogens with two attached hydrogens (primary N) is 1. The zero-order chi connectivity index (χ0) is 14.0. The Hall–Kier alpha value is -2.37. The van der Waals surface area contributed by atoms with Crippen LogP contribution in [0.3, 0.4) is 0 Å². The van der Waals surface area contributed by atoms with Gasteiger partial charge in [-0.1, -0.05) is 12.1 Å². The summed E-state index contributed by atoms with van der Waals surface area (Å²) in [7, 11) is 3.72. The molecule has 0 amide bonds. The molecule has 0 aliphatic rings. The van der Waals surface area contributed by atoms with Crippen LogP contribution < -0.4 is 16.0 Å². The van der Waals surface area contributed by atoms with Crippen LogP contribution in [0.4, 0.5) is 23.5 Å². The molecule has 6 nitrogen and oxygen atoms in total. The second kappa shape index (κ2) is 5.09. The molecule has 0 saturated carbocycles. The van der Waals surface area contributed by atoms with Crippen LogP contribution in [0.5, 0.6) is 0 Å². The normalized spacial score (nSPS) is 10.3. The highest BCUT2D eigenvalue weighted by Gasteiger charge is 2.08. The molecule has 100 valence electrons. The molecule has 0 spiro atoms. The van der Waals surface area contributed by atoms with Gasteiger partial charge in [0.05, 0.1) is 0 Å². The summed E-state index contributed by atoms with van der Waals surface area (Å²) in [6.07, 6.45) is 0. The molecule has 1 aromatic heterocycles. The molecule has 0 aliphatic carbocycles. The minimum absolute atomic E-state index is 0.200. The van der Waals surface area contributed by atoms with Gasteiger partial charge < -0.3 is 16.0 Å². The fourth-order valence-corrected chi connectivity index (χ4v) is 1.64. The van der Waals surface area contributed by atoms with Gasteiger partial charge in [0.1, 0.15) is 0 Å². The fourth-order valence-electron chi connectivity index (χ4n) is 1.64. The number of hydrogen-bond donors (Lipinski definition) is 2. The second-order valence-electron chi connectivity index (χ2n) is 4.58. The average molecular weight is 258 g/mol. The van der Waals surface area contributed by atoms with Gasteiger partial charge in [0.15, 0.2) is 0 Å². The van der Waals surface area contributed by atoms with Crippen LogP contribution in [0.2, 0.25) is 0 Å². The third kappa shape index (κ3) is 2.90. The van der Waals surface area contributed by atoms with Gasteiger partial charge in [-0.2, -0.15) is 15.0 Å². The summed E-state index contributed by atoms with van der Waals surface area (Å²) < 4.78 is 0. The van der Waals surface area contributed by atoms with Crippen molar-refractivity contribution >= 4 is 23.5 Å². The Kier molecular flexibility index (Phi) is 3.50. The van der Waals surface area contributed by atoms with Gasteiger partial charge in [0, 0.05) is 19.8 Å². The summed E-state index contributed by atoms with van der Waals surface area (Å²) in [6, 6.07) is 6.03. The lowest BCUT2D eigenvalue weighted by Crippen LogP contribution is -2.15. The van der Waals surface area contributed by atoms with E-state index in [1.54, 1.807) is 4.90 Å². The number of nitrogens with one attached hydrogen (secondary N) is 1. The van der Waals surface area contributed by atoms with E-state index in [9.17, 15) is 0 Å². The quantitative estimate of drug-likeness (QED) is 0.875. The van der Waals surface area contributed by atoms with Crippen LogP contribution in [0.15, 0.2) is 18.2 Å². The first-order chi connectivity index (χ1) is 8.97. The zero-order valence-electron chi connectivity index (χ0n) is 11.6. The summed E-state index contributed by atoms with van der Waals surface area (Å²) in [5.74, 6) is 1.18. The molecule has 0 aliphatic heterocycles. The minimum Gasteiger partial charge on any atom is -0.368 e. The molecule has 0 atom stereocenters. The lowest BCUT2D eigenvalue weighted by Gasteiger charge is -2.13. The summed E-state index contributed by atoms with van der Waals surface area (Å²) in [5.41, 5.74) is 9.03. The Bertz CT molecular complexity index is 594. The molecule has 0 saturated heterocycles. The van der Waals surface area contributed by atoms with Gasteiger partial charge >= 0.3 is 0 Å². The van der Waals surface area contributed by atoms with E-state index in [4.69, 9.17) is 5.73 Å². The number of nitrogens with zero attached hydrogens (tertiary/aromatic N) is 4. The monoisotopic (exact) mass is 258 g/mol. The molecule has 3 N–H and O–H groups in total. The average Bonchev–Trinajstić information content (AvgIpc) is 2.34. The lowest BCUT2D eigenvalue weighted by atomic mass is 10.1. The lowest BCUT2D eigenvalue weighted by molar-refractivity contribution is 0.969. The Balaban J connectivity index is 2.35. The van der Waals surface area contributed by atoms with E-state index < -0.39 is 0 Å². The Morgan fingerprint density at radius 2 is 1.84 bits per heavy atom. The molecule has 0 bridgehead atoms. The Morgan fingerprint density at radius 1 is 1.11 bits per heavy atom. The predicted octanol–water partition coefficient (Wildman–Crippen LogP) is 1.88. The first-order valence-electron chi connectivity index (χ1n) is 5.99. The molecule has 0 fully saturated rings. The van der Waals surface area contributed by atoms with Crippen molar-refractivity contribution in [1.82, 2.24) is 15.0 Å². The van der Waals surface area contributed by atoms with Crippen molar-refractivity contribution in [2.24, 2.45) is 0 Å². The maximum atomic E-state index is 5.69. The first kappa shape index (κ1) is 13.1. The van der Waals surface area contributed by atoms with Crippen LogP contribution >= 0.6 is 0 Å². The van der Waals surface area contributed by atoms with E-state index in [1.807, 2.05) is 26.2 Å². The van der Waals surface area contributed by atoms with Crippen LogP contribution in [0, 0.1) is 13.8 Å². The molecule has 0 unspecified atom stereocenters. The molecule has 1 aromatic carbocycles. The summed E-state index contributed by atoms with van der Waals surface area (Å²) >= 11 is 0. The molecule has 19 heavy (non-hydrogen) atoms. The molecule has 2 aromatic rings. The number of aryl methyl sites for hydroxylation is 1. The predicted molar refractivity (Wildman–Crippen MR) is 77.8 cm³/mol. The number of nitrogen functional groups attached to an aromatic ring is 1. The fraction of sp³-hybridized carbons (Fsp3) is 0.308. The standard InChI is InChI=1S/C13H18N6/c1-8-6-5-7-10(9(8)2)15-12-16-11(14)17-13(18-12)19(3)4/h5-7H,1-4H3,(H3,14,15,16,17,18). The van der Waals surface area contributed by atoms with Crippen LogP contribution in [0.1, 0.15) is 11.1 Å². The first-order valence-corrected chi connectivity index (χ1v) is 5.99. The van der Waals surface area contributed by atoms with Gasteiger partial charge in [0.2, 0.25) is 17.8 Å². The van der Waals surface area contributed by atoms with Crippen LogP contribution in [0.25, 0.3) is 0 Å². The highest BCUT2D eigenvalue weighted by molar-refractivity contribution is 5.61. The van der Waals surface area contributed by atoms with Gasteiger partial charge in [-0.25, -0.2) is 0 Å². The second-order valence-corrected chi connectivity index (χ2v) is 4.58. The summed E-state index contributed by atoms with van der Waals surface area (Å²) in [6.45, 7) is 4.11. The van der Waals surface area contributed by atoms with E-state index >= 15 is 0 Å². The third-order valence-electron chi connectivity index (χ3n) is 2.89. The number of aromatic nitrogens is 3. The third-order valence-corrected chi connectivity index (χ3v) is 2.89. The van der Waals surface area contributed by atoms with Crippen molar-refractivity contribution in [2.75, 3.05) is 30.0 Å². The molecule has 2 rings (SSSR count). The number of rotatable bonds is 3. The van der Waals surface area contributed by atoms with E-state index in [1.165, 1.54) is 5.56 Å². The maximum Gasteiger partial charge on any atom is 0.233 e. The number of benzene rings is 1. The van der Waals surface area contributed by atoms with Crippen molar-refractivity contribution in [3.8, 4) is 0 Å². The molecule has 6 heteroatoms. The Morgan fingerprint density at radius 3 is 2.53 bits per heavy atom. The number of anilines is 4. The van der Waals surface area contributed by atoms with E-state index in [0.717, 1.165) is 11.3 Å². The largest absolute Gasteiger partial charge is 0.368 e. The molecular formula is C13H18N6. The van der Waals surface area contributed by atoms with E-state index in [-0.39, 0.29) is 5.95 Å². The smallest absolute Gasteiger partial charge is 0.233 e. The van der Waals surface area contributed by atoms with Crippen LogP contribution in [-0.4, -0.2) is 29.0 Å². The van der Waals surface area contributed by atoms with Crippen molar-refractivity contribution in [1.29, 1.82) is 0 Å². The van der Waals surface area contributed by atoms with Gasteiger partial charge in [0.25, 0.3) is 0 Å². The highest BCUT2D eigenvalue weighted by Crippen LogP contribution is 2.21. The van der Waals surface area contributed by atoms with E-state index in [2.05, 4.69) is 40.2 Å². The molecule has 0 radical (unpaired) electrons. The van der Waals surface area contributed by atoms with Crippen molar-refractivity contribution in [2.45, 2.75) is 13.8 Å². The molecule has 1 heterocycles. The molecular weight excluding hydrogens is 240 g/mol. The minimum atomic E-state index is 0.200. The van der Waals surface area contributed by atoms with Crippen LogP contribution in [-0.2, 0) is 0 Å². The number of hydrogen-bond acceptors (Lipinski definition) is 6. The van der Waals surface area contributed by atoms with Crippen molar-refractivity contribution in [3.05, 3.63) is 29.3 Å².